The number of nitrogens with zero attached hydrogens (tertiary/aromatic N) is 2. The first-order valence-corrected chi connectivity index (χ1v) is 5.97. The third-order valence-corrected chi connectivity index (χ3v) is 2.67. The zero-order chi connectivity index (χ0) is 14.0. The lowest BCUT2D eigenvalue weighted by Crippen LogP contribution is -2.15. The molecule has 0 unspecified atom stereocenters. The summed E-state index contributed by atoms with van der Waals surface area (Å²) in [5, 5.41) is 2.75. The van der Waals surface area contributed by atoms with Gasteiger partial charge in [-0.15, -0.1) is 6.58 Å². The molecule has 0 aromatic carbocycles. The Balaban J connectivity index is 2.73. The number of allylic oxidation sites excluding steroid dienone is 1. The van der Waals surface area contributed by atoms with Crippen molar-refractivity contribution in [1.82, 2.24) is 14.6 Å². The van der Waals surface area contributed by atoms with Gasteiger partial charge >= 0.3 is 5.97 Å². The average molecular weight is 261 g/mol. The van der Waals surface area contributed by atoms with Gasteiger partial charge in [0, 0.05) is 17.3 Å². The van der Waals surface area contributed by atoms with Crippen LogP contribution >= 0.6 is 0 Å². The molecule has 6 nitrogen and oxygen atoms in total. The fourth-order valence-electron chi connectivity index (χ4n) is 1.91. The van der Waals surface area contributed by atoms with E-state index in [1.54, 1.807) is 19.9 Å². The Morgan fingerprint density at radius 3 is 3.00 bits per heavy atom. The molecular formula is C13H15N3O3. The van der Waals surface area contributed by atoms with E-state index in [0.717, 1.165) is 0 Å². The van der Waals surface area contributed by atoms with Gasteiger partial charge in [0.1, 0.15) is 5.69 Å². The van der Waals surface area contributed by atoms with Crippen molar-refractivity contribution in [2.45, 2.75) is 20.3 Å². The van der Waals surface area contributed by atoms with Crippen LogP contribution in [0.25, 0.3) is 5.65 Å². The van der Waals surface area contributed by atoms with Crippen LogP contribution in [0.15, 0.2) is 23.5 Å². The van der Waals surface area contributed by atoms with Gasteiger partial charge < -0.3 is 4.74 Å². The smallest absolute Gasteiger partial charge is 0.356 e. The first-order valence-electron chi connectivity index (χ1n) is 5.97. The second-order valence-corrected chi connectivity index (χ2v) is 4.07. The van der Waals surface area contributed by atoms with Crippen LogP contribution < -0.4 is 5.56 Å². The number of rotatable bonds is 4. The lowest BCUT2D eigenvalue weighted by molar-refractivity contribution is 0.0518. The molecule has 0 atom stereocenters. The number of esters is 1. The van der Waals surface area contributed by atoms with E-state index in [1.807, 2.05) is 0 Å². The predicted octanol–water partition coefficient (Wildman–Crippen LogP) is 1.24. The summed E-state index contributed by atoms with van der Waals surface area (Å²) in [6, 6.07) is 1.40. The van der Waals surface area contributed by atoms with E-state index in [0.29, 0.717) is 23.3 Å². The van der Waals surface area contributed by atoms with Crippen molar-refractivity contribution in [3.05, 3.63) is 46.0 Å². The number of hydrogen-bond acceptors (Lipinski definition) is 4. The molecule has 0 aliphatic carbocycles. The van der Waals surface area contributed by atoms with E-state index in [4.69, 9.17) is 4.74 Å². The van der Waals surface area contributed by atoms with Crippen molar-refractivity contribution < 1.29 is 9.53 Å². The van der Waals surface area contributed by atoms with Gasteiger partial charge in [0.25, 0.3) is 5.56 Å². The fourth-order valence-corrected chi connectivity index (χ4v) is 1.91. The second kappa shape index (κ2) is 5.09. The lowest BCUT2D eigenvalue weighted by Gasteiger charge is -2.00. The van der Waals surface area contributed by atoms with Gasteiger partial charge in [-0.05, 0) is 20.3 Å². The van der Waals surface area contributed by atoms with Gasteiger partial charge in [-0.1, -0.05) is 6.08 Å². The quantitative estimate of drug-likeness (QED) is 0.663. The van der Waals surface area contributed by atoms with Crippen LogP contribution in [0.5, 0.6) is 0 Å². The largest absolute Gasteiger partial charge is 0.461 e. The van der Waals surface area contributed by atoms with Crippen LogP contribution in [0.1, 0.15) is 28.7 Å². The molecule has 100 valence electrons. The van der Waals surface area contributed by atoms with Crippen molar-refractivity contribution in [3.63, 3.8) is 0 Å². The SMILES string of the molecule is C=CCc1c(C(=O)OCC)[nH]n2c(=O)cc(C)nc12. The summed E-state index contributed by atoms with van der Waals surface area (Å²) in [6.07, 6.45) is 2.08. The second-order valence-electron chi connectivity index (χ2n) is 4.07. The zero-order valence-corrected chi connectivity index (χ0v) is 10.9. The van der Waals surface area contributed by atoms with E-state index in [1.165, 1.54) is 10.6 Å². The predicted molar refractivity (Wildman–Crippen MR) is 70.4 cm³/mol. The molecule has 0 amide bonds. The molecule has 2 aromatic rings. The molecule has 0 saturated carbocycles. The maximum atomic E-state index is 11.9. The number of H-pyrrole nitrogens is 1. The summed E-state index contributed by atoms with van der Waals surface area (Å²) in [4.78, 5) is 28.0. The highest BCUT2D eigenvalue weighted by atomic mass is 16.5. The molecular weight excluding hydrogens is 246 g/mol. The number of carbonyl (C=O) groups excluding carboxylic acids is 1. The number of nitrogens with one attached hydrogen (secondary N) is 1. The summed E-state index contributed by atoms with van der Waals surface area (Å²) in [5.74, 6) is -0.498. The normalized spacial score (nSPS) is 10.6. The Morgan fingerprint density at radius 2 is 2.37 bits per heavy atom. The number of aromatic nitrogens is 3. The average Bonchev–Trinajstić information content (AvgIpc) is 2.70. The highest BCUT2D eigenvalue weighted by Crippen LogP contribution is 2.15. The molecule has 0 spiro atoms. The van der Waals surface area contributed by atoms with Crippen LogP contribution in [0.2, 0.25) is 0 Å². The topological polar surface area (TPSA) is 76.5 Å². The number of hydrogen-bond donors (Lipinski definition) is 1. The molecule has 2 heterocycles. The molecule has 2 rings (SSSR count). The molecule has 2 aromatic heterocycles. The molecule has 0 radical (unpaired) electrons. The Bertz CT molecular complexity index is 697. The maximum absolute atomic E-state index is 11.9. The summed E-state index contributed by atoms with van der Waals surface area (Å²) < 4.78 is 6.22. The van der Waals surface area contributed by atoms with Gasteiger partial charge in [-0.25, -0.2) is 14.3 Å². The minimum absolute atomic E-state index is 0.247. The van der Waals surface area contributed by atoms with Gasteiger partial charge in [0.05, 0.1) is 6.61 Å². The Hall–Kier alpha value is -2.37. The zero-order valence-electron chi connectivity index (χ0n) is 10.9. The minimum atomic E-state index is -0.498. The van der Waals surface area contributed by atoms with E-state index in [-0.39, 0.29) is 17.9 Å². The van der Waals surface area contributed by atoms with Crippen LogP contribution in [-0.4, -0.2) is 27.2 Å². The van der Waals surface area contributed by atoms with Crippen LogP contribution in [-0.2, 0) is 11.2 Å². The fraction of sp³-hybridized carbons (Fsp3) is 0.308. The third-order valence-electron chi connectivity index (χ3n) is 2.67. The highest BCUT2D eigenvalue weighted by Gasteiger charge is 2.20. The number of carbonyl (C=O) groups is 1. The Morgan fingerprint density at radius 1 is 1.63 bits per heavy atom. The third kappa shape index (κ3) is 2.29. The Kier molecular flexibility index (Phi) is 3.50. The highest BCUT2D eigenvalue weighted by molar-refractivity contribution is 5.91. The van der Waals surface area contributed by atoms with Crippen molar-refractivity contribution >= 4 is 11.6 Å². The number of aromatic amines is 1. The molecule has 6 heteroatoms. The monoisotopic (exact) mass is 261 g/mol. The van der Waals surface area contributed by atoms with Crippen LogP contribution in [0, 0.1) is 6.92 Å². The maximum Gasteiger partial charge on any atom is 0.356 e. The van der Waals surface area contributed by atoms with Crippen molar-refractivity contribution in [2.75, 3.05) is 6.61 Å². The first kappa shape index (κ1) is 13.1. The van der Waals surface area contributed by atoms with E-state index in [2.05, 4.69) is 16.7 Å². The van der Waals surface area contributed by atoms with Crippen molar-refractivity contribution in [1.29, 1.82) is 0 Å². The van der Waals surface area contributed by atoms with Gasteiger partial charge in [-0.3, -0.25) is 9.89 Å². The summed E-state index contributed by atoms with van der Waals surface area (Å²) in [5.41, 5.74) is 1.65. The van der Waals surface area contributed by atoms with E-state index >= 15 is 0 Å². The standard InChI is InChI=1S/C13H15N3O3/c1-4-6-9-11(13(18)19-5-2)15-16-10(17)7-8(3)14-12(9)16/h4,7,15H,1,5-6H2,2-3H3. The minimum Gasteiger partial charge on any atom is -0.461 e. The lowest BCUT2D eigenvalue weighted by atomic mass is 10.1. The molecule has 19 heavy (non-hydrogen) atoms. The Labute approximate surface area is 109 Å². The van der Waals surface area contributed by atoms with Crippen molar-refractivity contribution in [3.8, 4) is 0 Å². The van der Waals surface area contributed by atoms with Crippen molar-refractivity contribution in [2.24, 2.45) is 0 Å². The molecule has 0 fully saturated rings. The van der Waals surface area contributed by atoms with Gasteiger partial charge in [0.15, 0.2) is 5.65 Å². The summed E-state index contributed by atoms with van der Waals surface area (Å²) in [6.45, 7) is 7.38. The molecule has 0 aliphatic heterocycles. The molecule has 0 aliphatic rings. The summed E-state index contributed by atoms with van der Waals surface area (Å²) in [7, 11) is 0. The van der Waals surface area contributed by atoms with E-state index < -0.39 is 5.97 Å². The molecule has 0 saturated heterocycles. The van der Waals surface area contributed by atoms with E-state index in [9.17, 15) is 9.59 Å². The van der Waals surface area contributed by atoms with Crippen LogP contribution in [0.3, 0.4) is 0 Å². The molecule has 1 N–H and O–H groups in total. The number of aryl methyl sites for hydroxylation is 1. The van der Waals surface area contributed by atoms with Gasteiger partial charge in [-0.2, -0.15) is 0 Å². The van der Waals surface area contributed by atoms with Crippen LogP contribution in [0.4, 0.5) is 0 Å². The molecule has 0 bridgehead atoms. The number of ether oxygens (including phenoxy) is 1. The van der Waals surface area contributed by atoms with Gasteiger partial charge in [0.2, 0.25) is 0 Å². The number of fused-ring (bicyclic) bond motifs is 1. The first-order chi connectivity index (χ1) is 9.08. The summed E-state index contributed by atoms with van der Waals surface area (Å²) >= 11 is 0.